The lowest BCUT2D eigenvalue weighted by molar-refractivity contribution is 0.556. The maximum atomic E-state index is 13.3. The van der Waals surface area contributed by atoms with Crippen molar-refractivity contribution in [3.63, 3.8) is 0 Å². The molecule has 1 N–H and O–H groups in total. The second kappa shape index (κ2) is 4.60. The minimum Gasteiger partial charge on any atom is -0.379 e. The molecule has 1 aromatic carbocycles. The fourth-order valence-electron chi connectivity index (χ4n) is 1.96. The van der Waals surface area contributed by atoms with E-state index in [2.05, 4.69) is 5.32 Å². The summed E-state index contributed by atoms with van der Waals surface area (Å²) in [5.41, 5.74) is 0.147. The normalized spacial score (nSPS) is 23.3. The van der Waals surface area contributed by atoms with Crippen LogP contribution in [0.2, 0.25) is 0 Å². The number of sulfone groups is 1. The molecule has 0 aliphatic carbocycles. The molecule has 1 fully saturated rings. The van der Waals surface area contributed by atoms with Gasteiger partial charge in [0, 0.05) is 12.1 Å². The van der Waals surface area contributed by atoms with Gasteiger partial charge >= 0.3 is 0 Å². The van der Waals surface area contributed by atoms with Crippen LogP contribution < -0.4 is 5.32 Å². The van der Waals surface area contributed by atoms with Gasteiger partial charge in [0.05, 0.1) is 17.2 Å². The van der Waals surface area contributed by atoms with Crippen LogP contribution in [0, 0.1) is 11.6 Å². The smallest absolute Gasteiger partial charge is 0.152 e. The molecule has 2 rings (SSSR count). The first kappa shape index (κ1) is 12.3. The molecular weight excluding hydrogens is 248 g/mol. The van der Waals surface area contributed by atoms with E-state index in [0.717, 1.165) is 12.1 Å². The third-order valence-corrected chi connectivity index (χ3v) is 4.57. The molecule has 17 heavy (non-hydrogen) atoms. The zero-order valence-corrected chi connectivity index (χ0v) is 9.93. The van der Waals surface area contributed by atoms with Crippen LogP contribution in [0.5, 0.6) is 0 Å². The highest BCUT2D eigenvalue weighted by atomic mass is 32.2. The highest BCUT2D eigenvalue weighted by molar-refractivity contribution is 7.91. The number of hydrogen-bond acceptors (Lipinski definition) is 3. The summed E-state index contributed by atoms with van der Waals surface area (Å²) >= 11 is 0. The van der Waals surface area contributed by atoms with Gasteiger partial charge in [0.15, 0.2) is 9.84 Å². The topological polar surface area (TPSA) is 46.2 Å². The van der Waals surface area contributed by atoms with Gasteiger partial charge in [0.1, 0.15) is 11.6 Å². The molecule has 1 unspecified atom stereocenters. The van der Waals surface area contributed by atoms with Gasteiger partial charge in [-0.15, -0.1) is 0 Å². The quantitative estimate of drug-likeness (QED) is 0.885. The Hall–Kier alpha value is -1.17. The van der Waals surface area contributed by atoms with Crippen molar-refractivity contribution in [1.29, 1.82) is 0 Å². The fraction of sp³-hybridized carbons (Fsp3) is 0.455. The summed E-state index contributed by atoms with van der Waals surface area (Å²) in [5.74, 6) is -1.15. The molecule has 94 valence electrons. The lowest BCUT2D eigenvalue weighted by Crippen LogP contribution is -2.35. The summed E-state index contributed by atoms with van der Waals surface area (Å²) in [4.78, 5) is 0. The third kappa shape index (κ3) is 3.15. The third-order valence-electron chi connectivity index (χ3n) is 2.75. The summed E-state index contributed by atoms with van der Waals surface area (Å²) in [6, 6.07) is 2.91. The number of anilines is 1. The Labute approximate surface area is 98.8 Å². The van der Waals surface area contributed by atoms with E-state index < -0.39 is 21.5 Å². The van der Waals surface area contributed by atoms with Crippen LogP contribution in [0.15, 0.2) is 18.2 Å². The van der Waals surface area contributed by atoms with Gasteiger partial charge in [-0.05, 0) is 25.0 Å². The fourth-order valence-corrected chi connectivity index (χ4v) is 3.60. The van der Waals surface area contributed by atoms with Crippen molar-refractivity contribution in [3.8, 4) is 0 Å². The number of benzene rings is 1. The van der Waals surface area contributed by atoms with Crippen molar-refractivity contribution in [2.45, 2.75) is 18.9 Å². The Balaban J connectivity index is 2.10. The van der Waals surface area contributed by atoms with E-state index in [-0.39, 0.29) is 23.2 Å². The average Bonchev–Trinajstić information content (AvgIpc) is 2.21. The summed E-state index contributed by atoms with van der Waals surface area (Å²) in [5, 5.41) is 2.81. The largest absolute Gasteiger partial charge is 0.379 e. The van der Waals surface area contributed by atoms with E-state index in [0.29, 0.717) is 12.8 Å². The molecule has 0 amide bonds. The van der Waals surface area contributed by atoms with Gasteiger partial charge in [-0.3, -0.25) is 0 Å². The minimum absolute atomic E-state index is 0.00379. The van der Waals surface area contributed by atoms with Crippen LogP contribution in [0.25, 0.3) is 0 Å². The lowest BCUT2D eigenvalue weighted by Gasteiger charge is -2.24. The number of halogens is 2. The Morgan fingerprint density at radius 2 is 2.06 bits per heavy atom. The van der Waals surface area contributed by atoms with E-state index in [4.69, 9.17) is 0 Å². The highest BCUT2D eigenvalue weighted by Gasteiger charge is 2.25. The van der Waals surface area contributed by atoms with Crippen molar-refractivity contribution in [1.82, 2.24) is 0 Å². The van der Waals surface area contributed by atoms with Crippen LogP contribution in [0.3, 0.4) is 0 Å². The highest BCUT2D eigenvalue weighted by Crippen LogP contribution is 2.20. The van der Waals surface area contributed by atoms with Gasteiger partial charge < -0.3 is 5.32 Å². The first-order valence-corrected chi connectivity index (χ1v) is 7.20. The van der Waals surface area contributed by atoms with Crippen LogP contribution >= 0.6 is 0 Å². The average molecular weight is 261 g/mol. The molecule has 6 heteroatoms. The molecular formula is C11H13F2NO2S. The second-order valence-electron chi connectivity index (χ2n) is 4.22. The Morgan fingerprint density at radius 3 is 2.71 bits per heavy atom. The zero-order valence-electron chi connectivity index (χ0n) is 9.12. The van der Waals surface area contributed by atoms with Crippen molar-refractivity contribution >= 4 is 15.5 Å². The van der Waals surface area contributed by atoms with Gasteiger partial charge in [-0.2, -0.15) is 0 Å². The van der Waals surface area contributed by atoms with Crippen LogP contribution in [0.1, 0.15) is 12.8 Å². The van der Waals surface area contributed by atoms with Crippen molar-refractivity contribution < 1.29 is 17.2 Å². The molecule has 0 saturated carbocycles. The van der Waals surface area contributed by atoms with Crippen LogP contribution in [0.4, 0.5) is 14.5 Å². The molecule has 1 heterocycles. The molecule has 1 saturated heterocycles. The van der Waals surface area contributed by atoms with Gasteiger partial charge in [0.25, 0.3) is 0 Å². The van der Waals surface area contributed by atoms with E-state index in [1.165, 1.54) is 6.07 Å². The SMILES string of the molecule is O=S1(=O)CCCC(Nc2ccc(F)cc2F)C1. The Morgan fingerprint density at radius 1 is 1.29 bits per heavy atom. The van der Waals surface area contributed by atoms with E-state index in [1.807, 2.05) is 0 Å². The van der Waals surface area contributed by atoms with Crippen LogP contribution in [-0.4, -0.2) is 26.0 Å². The predicted octanol–water partition coefficient (Wildman–Crippen LogP) is 1.95. The predicted molar refractivity (Wildman–Crippen MR) is 61.7 cm³/mol. The van der Waals surface area contributed by atoms with E-state index in [1.54, 1.807) is 0 Å². The molecule has 0 bridgehead atoms. The molecule has 3 nitrogen and oxygen atoms in total. The zero-order chi connectivity index (χ0) is 12.5. The molecule has 1 aliphatic heterocycles. The van der Waals surface area contributed by atoms with Gasteiger partial charge in [0.2, 0.25) is 0 Å². The van der Waals surface area contributed by atoms with Gasteiger partial charge in [-0.1, -0.05) is 0 Å². The molecule has 1 atom stereocenters. The Bertz CT molecular complexity index is 516. The number of nitrogens with one attached hydrogen (secondary N) is 1. The van der Waals surface area contributed by atoms with Gasteiger partial charge in [-0.25, -0.2) is 17.2 Å². The molecule has 0 spiro atoms. The summed E-state index contributed by atoms with van der Waals surface area (Å²) in [7, 11) is -3.03. The van der Waals surface area contributed by atoms with Crippen molar-refractivity contribution in [3.05, 3.63) is 29.8 Å². The molecule has 1 aromatic rings. The molecule has 0 aromatic heterocycles. The standard InChI is InChI=1S/C11H13F2NO2S/c12-8-3-4-11(10(13)6-8)14-9-2-1-5-17(15,16)7-9/h3-4,6,9,14H,1-2,5,7H2. The van der Waals surface area contributed by atoms with E-state index >= 15 is 0 Å². The molecule has 0 radical (unpaired) electrons. The Kier molecular flexibility index (Phi) is 3.33. The van der Waals surface area contributed by atoms with Crippen molar-refractivity contribution in [2.75, 3.05) is 16.8 Å². The van der Waals surface area contributed by atoms with E-state index in [9.17, 15) is 17.2 Å². The summed E-state index contributed by atoms with van der Waals surface area (Å²) < 4.78 is 48.8. The second-order valence-corrected chi connectivity index (χ2v) is 6.45. The maximum Gasteiger partial charge on any atom is 0.152 e. The first-order valence-electron chi connectivity index (χ1n) is 5.38. The summed E-state index contributed by atoms with van der Waals surface area (Å²) in [6.45, 7) is 0. The monoisotopic (exact) mass is 261 g/mol. The maximum absolute atomic E-state index is 13.3. The number of rotatable bonds is 2. The van der Waals surface area contributed by atoms with Crippen LogP contribution in [-0.2, 0) is 9.84 Å². The molecule has 1 aliphatic rings. The number of hydrogen-bond donors (Lipinski definition) is 1. The first-order chi connectivity index (χ1) is 7.96. The minimum atomic E-state index is -3.03. The summed E-state index contributed by atoms with van der Waals surface area (Å²) in [6.07, 6.45) is 1.25. The lowest BCUT2D eigenvalue weighted by atomic mass is 10.1. The van der Waals surface area contributed by atoms with Crippen molar-refractivity contribution in [2.24, 2.45) is 0 Å².